The van der Waals surface area contributed by atoms with Crippen molar-refractivity contribution in [3.63, 3.8) is 0 Å². The molecule has 0 aliphatic heterocycles. The average Bonchev–Trinajstić information content (AvgIpc) is 2.60. The lowest BCUT2D eigenvalue weighted by atomic mass is 10.1. The first kappa shape index (κ1) is 14.4. The first-order valence-electron chi connectivity index (χ1n) is 5.25. The highest BCUT2D eigenvalue weighted by Gasteiger charge is 2.22. The molecule has 1 aromatic rings. The fourth-order valence-electron chi connectivity index (χ4n) is 1.62. The smallest absolute Gasteiger partial charge is 0.296 e. The van der Waals surface area contributed by atoms with Gasteiger partial charge >= 0.3 is 0 Å². The SMILES string of the molecule is CCn1c(CC(C)COC)nnc1S(=O)(=O)Cl. The van der Waals surface area contributed by atoms with Crippen molar-refractivity contribution in [2.45, 2.75) is 32.0 Å². The monoisotopic (exact) mass is 281 g/mol. The summed E-state index contributed by atoms with van der Waals surface area (Å²) in [6.07, 6.45) is 0.598. The van der Waals surface area contributed by atoms with Crippen LogP contribution in [-0.2, 0) is 26.8 Å². The zero-order valence-electron chi connectivity index (χ0n) is 10.1. The minimum Gasteiger partial charge on any atom is -0.384 e. The molecule has 0 aliphatic carbocycles. The third kappa shape index (κ3) is 3.65. The minimum absolute atomic E-state index is 0.193. The maximum atomic E-state index is 11.3. The van der Waals surface area contributed by atoms with E-state index in [4.69, 9.17) is 15.4 Å². The Morgan fingerprint density at radius 3 is 2.59 bits per heavy atom. The van der Waals surface area contributed by atoms with E-state index in [1.807, 2.05) is 13.8 Å². The first-order chi connectivity index (χ1) is 7.90. The topological polar surface area (TPSA) is 74.1 Å². The number of ether oxygens (including phenoxy) is 1. The molecule has 0 fully saturated rings. The number of halogens is 1. The summed E-state index contributed by atoms with van der Waals surface area (Å²) >= 11 is 0. The average molecular weight is 282 g/mol. The number of rotatable bonds is 6. The molecule has 6 nitrogen and oxygen atoms in total. The Balaban J connectivity index is 2.99. The molecule has 8 heteroatoms. The Morgan fingerprint density at radius 1 is 1.47 bits per heavy atom. The third-order valence-electron chi connectivity index (χ3n) is 2.31. The molecule has 17 heavy (non-hydrogen) atoms. The predicted molar refractivity (Wildman–Crippen MR) is 63.5 cm³/mol. The molecule has 0 aliphatic rings. The maximum absolute atomic E-state index is 11.3. The van der Waals surface area contributed by atoms with Gasteiger partial charge in [-0.1, -0.05) is 6.92 Å². The van der Waals surface area contributed by atoms with E-state index in [9.17, 15) is 8.42 Å². The van der Waals surface area contributed by atoms with Gasteiger partial charge in [-0.15, -0.1) is 10.2 Å². The molecular formula is C9H16ClN3O3S. The molecule has 1 rings (SSSR count). The van der Waals surface area contributed by atoms with Crippen LogP contribution in [0.15, 0.2) is 5.16 Å². The maximum Gasteiger partial charge on any atom is 0.296 e. The summed E-state index contributed by atoms with van der Waals surface area (Å²) in [6.45, 7) is 4.86. The highest BCUT2D eigenvalue weighted by Crippen LogP contribution is 2.16. The van der Waals surface area contributed by atoms with E-state index in [2.05, 4.69) is 10.2 Å². The fraction of sp³-hybridized carbons (Fsp3) is 0.778. The number of methoxy groups -OCH3 is 1. The van der Waals surface area contributed by atoms with E-state index in [0.717, 1.165) is 0 Å². The summed E-state index contributed by atoms with van der Waals surface area (Å²) in [5.74, 6) is 0.844. The summed E-state index contributed by atoms with van der Waals surface area (Å²) in [5, 5.41) is 7.30. The van der Waals surface area contributed by atoms with Crippen LogP contribution in [-0.4, -0.2) is 36.9 Å². The van der Waals surface area contributed by atoms with Crippen LogP contribution in [0.4, 0.5) is 0 Å². The zero-order chi connectivity index (χ0) is 13.1. The molecule has 1 heterocycles. The summed E-state index contributed by atoms with van der Waals surface area (Å²) in [6, 6.07) is 0. The molecule has 1 aromatic heterocycles. The van der Waals surface area contributed by atoms with E-state index in [0.29, 0.717) is 25.4 Å². The van der Waals surface area contributed by atoms with Crippen molar-refractivity contribution < 1.29 is 13.2 Å². The van der Waals surface area contributed by atoms with Crippen LogP contribution in [0, 0.1) is 5.92 Å². The summed E-state index contributed by atoms with van der Waals surface area (Å²) < 4.78 is 29.0. The summed E-state index contributed by atoms with van der Waals surface area (Å²) in [7, 11) is 3.06. The Kier molecular flexibility index (Phi) is 4.91. The van der Waals surface area contributed by atoms with Gasteiger partial charge in [0.15, 0.2) is 0 Å². The van der Waals surface area contributed by atoms with E-state index in [1.165, 1.54) is 4.57 Å². The van der Waals surface area contributed by atoms with Crippen molar-refractivity contribution in [2.24, 2.45) is 5.92 Å². The fourth-order valence-corrected chi connectivity index (χ4v) is 2.60. The molecular weight excluding hydrogens is 266 g/mol. The molecule has 0 spiro atoms. The first-order valence-corrected chi connectivity index (χ1v) is 7.56. The molecule has 0 radical (unpaired) electrons. The van der Waals surface area contributed by atoms with Crippen molar-refractivity contribution in [1.29, 1.82) is 0 Å². The van der Waals surface area contributed by atoms with E-state index >= 15 is 0 Å². The van der Waals surface area contributed by atoms with Gasteiger partial charge in [-0.05, 0) is 12.8 Å². The lowest BCUT2D eigenvalue weighted by Crippen LogP contribution is -2.13. The number of hydrogen-bond donors (Lipinski definition) is 0. The Morgan fingerprint density at radius 2 is 2.12 bits per heavy atom. The zero-order valence-corrected chi connectivity index (χ0v) is 11.6. The van der Waals surface area contributed by atoms with E-state index < -0.39 is 9.05 Å². The van der Waals surface area contributed by atoms with Gasteiger partial charge in [0.2, 0.25) is 0 Å². The van der Waals surface area contributed by atoms with Gasteiger partial charge in [0.05, 0.1) is 0 Å². The van der Waals surface area contributed by atoms with Gasteiger partial charge in [0.25, 0.3) is 14.2 Å². The second kappa shape index (κ2) is 5.79. The second-order valence-electron chi connectivity index (χ2n) is 3.85. The van der Waals surface area contributed by atoms with Gasteiger partial charge in [-0.3, -0.25) is 0 Å². The molecule has 0 amide bonds. The highest BCUT2D eigenvalue weighted by molar-refractivity contribution is 8.13. The molecule has 0 N–H and O–H groups in total. The van der Waals surface area contributed by atoms with Crippen LogP contribution in [0.1, 0.15) is 19.7 Å². The predicted octanol–water partition coefficient (Wildman–Crippen LogP) is 1.05. The Labute approximate surface area is 105 Å². The minimum atomic E-state index is -3.84. The van der Waals surface area contributed by atoms with Crippen LogP contribution in [0.3, 0.4) is 0 Å². The van der Waals surface area contributed by atoms with E-state index in [1.54, 1.807) is 7.11 Å². The van der Waals surface area contributed by atoms with Crippen molar-refractivity contribution in [1.82, 2.24) is 14.8 Å². The van der Waals surface area contributed by atoms with Crippen molar-refractivity contribution >= 4 is 19.7 Å². The van der Waals surface area contributed by atoms with Gasteiger partial charge in [0, 0.05) is 37.4 Å². The van der Waals surface area contributed by atoms with Crippen molar-refractivity contribution in [2.75, 3.05) is 13.7 Å². The van der Waals surface area contributed by atoms with Crippen LogP contribution in [0.25, 0.3) is 0 Å². The Hall–Kier alpha value is -0.660. The van der Waals surface area contributed by atoms with Gasteiger partial charge < -0.3 is 9.30 Å². The van der Waals surface area contributed by atoms with Gasteiger partial charge in [-0.2, -0.15) is 0 Å². The molecule has 0 aromatic carbocycles. The van der Waals surface area contributed by atoms with Crippen molar-refractivity contribution in [3.8, 4) is 0 Å². The second-order valence-corrected chi connectivity index (χ2v) is 6.31. The van der Waals surface area contributed by atoms with Gasteiger partial charge in [0.1, 0.15) is 5.82 Å². The quantitative estimate of drug-likeness (QED) is 0.729. The highest BCUT2D eigenvalue weighted by atomic mass is 35.7. The molecule has 0 bridgehead atoms. The number of nitrogens with zero attached hydrogens (tertiary/aromatic N) is 3. The lowest BCUT2D eigenvalue weighted by Gasteiger charge is -2.10. The van der Waals surface area contributed by atoms with E-state index in [-0.39, 0.29) is 11.1 Å². The van der Waals surface area contributed by atoms with Gasteiger partial charge in [-0.25, -0.2) is 8.42 Å². The molecule has 1 unspecified atom stereocenters. The molecule has 1 atom stereocenters. The third-order valence-corrected chi connectivity index (χ3v) is 3.46. The number of hydrogen-bond acceptors (Lipinski definition) is 5. The summed E-state index contributed by atoms with van der Waals surface area (Å²) in [5.41, 5.74) is 0. The normalized spacial score (nSPS) is 13.9. The number of aromatic nitrogens is 3. The Bertz CT molecular complexity index is 472. The van der Waals surface area contributed by atoms with Crippen molar-refractivity contribution in [3.05, 3.63) is 5.82 Å². The lowest BCUT2D eigenvalue weighted by molar-refractivity contribution is 0.158. The van der Waals surface area contributed by atoms with Crippen LogP contribution in [0.2, 0.25) is 0 Å². The van der Waals surface area contributed by atoms with Crippen LogP contribution >= 0.6 is 10.7 Å². The molecule has 98 valence electrons. The molecule has 0 saturated carbocycles. The van der Waals surface area contributed by atoms with Crippen LogP contribution in [0.5, 0.6) is 0 Å². The molecule has 0 saturated heterocycles. The summed E-state index contributed by atoms with van der Waals surface area (Å²) in [4.78, 5) is 0. The standard InChI is InChI=1S/C9H16ClN3O3S/c1-4-13-8(5-7(2)6-16-3)11-12-9(13)17(10,14)15/h7H,4-6H2,1-3H3. The van der Waals surface area contributed by atoms with Crippen LogP contribution < -0.4 is 0 Å². The largest absolute Gasteiger partial charge is 0.384 e.